The van der Waals surface area contributed by atoms with Gasteiger partial charge >= 0.3 is 0 Å². The summed E-state index contributed by atoms with van der Waals surface area (Å²) in [6.45, 7) is 9.57. The van der Waals surface area contributed by atoms with Crippen molar-refractivity contribution in [2.75, 3.05) is 37.7 Å². The van der Waals surface area contributed by atoms with E-state index in [0.29, 0.717) is 58.4 Å². The highest BCUT2D eigenvalue weighted by atomic mass is 32.2. The van der Waals surface area contributed by atoms with Gasteiger partial charge in [0.15, 0.2) is 0 Å². The third kappa shape index (κ3) is 5.00. The Morgan fingerprint density at radius 3 is 2.79 bits per heavy atom. The third-order valence-electron chi connectivity index (χ3n) is 6.17. The van der Waals surface area contributed by atoms with E-state index in [2.05, 4.69) is 11.8 Å². The van der Waals surface area contributed by atoms with Gasteiger partial charge in [0.25, 0.3) is 11.5 Å². The summed E-state index contributed by atoms with van der Waals surface area (Å²) in [7, 11) is 0. The fourth-order valence-electron chi connectivity index (χ4n) is 4.18. The molecule has 4 heterocycles. The van der Waals surface area contributed by atoms with Crippen LogP contribution in [0.15, 0.2) is 28.0 Å². The molecule has 0 unspecified atom stereocenters. The SMILES string of the molecule is CCOCCCN1C(=O)/C(=C/c2c(N3CCC(C)CC3)nc3c(C)cccn3c2=O)SC1=S. The first-order chi connectivity index (χ1) is 15.9. The molecule has 0 aromatic carbocycles. The Morgan fingerprint density at radius 2 is 2.06 bits per heavy atom. The summed E-state index contributed by atoms with van der Waals surface area (Å²) in [5, 5.41) is 0. The lowest BCUT2D eigenvalue weighted by molar-refractivity contribution is -0.122. The molecule has 2 aromatic heterocycles. The van der Waals surface area contributed by atoms with Gasteiger partial charge in [-0.05, 0) is 56.7 Å². The molecule has 2 saturated heterocycles. The molecule has 0 saturated carbocycles. The minimum atomic E-state index is -0.168. The first kappa shape index (κ1) is 23.9. The summed E-state index contributed by atoms with van der Waals surface area (Å²) in [6, 6.07) is 3.80. The largest absolute Gasteiger partial charge is 0.382 e. The van der Waals surface area contributed by atoms with Crippen molar-refractivity contribution < 1.29 is 9.53 Å². The van der Waals surface area contributed by atoms with Crippen molar-refractivity contribution in [1.82, 2.24) is 14.3 Å². The molecular formula is C24H30N4O3S2. The van der Waals surface area contributed by atoms with Crippen LogP contribution in [0.25, 0.3) is 11.7 Å². The van der Waals surface area contributed by atoms with Gasteiger partial charge in [0, 0.05) is 39.0 Å². The molecule has 7 nitrogen and oxygen atoms in total. The zero-order chi connectivity index (χ0) is 23.5. The molecule has 0 radical (unpaired) electrons. The number of nitrogens with zero attached hydrogens (tertiary/aromatic N) is 4. The average molecular weight is 487 g/mol. The van der Waals surface area contributed by atoms with Crippen LogP contribution in [0, 0.1) is 12.8 Å². The number of pyridine rings is 1. The Balaban J connectivity index is 1.73. The third-order valence-corrected chi connectivity index (χ3v) is 7.55. The normalized spacial score (nSPS) is 18.8. The van der Waals surface area contributed by atoms with Crippen LogP contribution in [0.3, 0.4) is 0 Å². The second kappa shape index (κ2) is 10.4. The number of anilines is 1. The van der Waals surface area contributed by atoms with Crippen molar-refractivity contribution in [3.05, 3.63) is 44.7 Å². The van der Waals surface area contributed by atoms with Gasteiger partial charge in [-0.3, -0.25) is 18.9 Å². The summed E-state index contributed by atoms with van der Waals surface area (Å²) in [5.74, 6) is 1.15. The van der Waals surface area contributed by atoms with E-state index in [1.807, 2.05) is 26.0 Å². The second-order valence-electron chi connectivity index (χ2n) is 8.59. The van der Waals surface area contributed by atoms with E-state index in [1.165, 1.54) is 11.8 Å². The smallest absolute Gasteiger partial charge is 0.267 e. The maximum absolute atomic E-state index is 13.6. The highest BCUT2D eigenvalue weighted by Gasteiger charge is 2.33. The summed E-state index contributed by atoms with van der Waals surface area (Å²) in [6.07, 6.45) is 6.24. The Labute approximate surface area is 203 Å². The van der Waals surface area contributed by atoms with Gasteiger partial charge in [-0.25, -0.2) is 4.98 Å². The average Bonchev–Trinajstić information content (AvgIpc) is 3.06. The fourth-order valence-corrected chi connectivity index (χ4v) is 5.47. The zero-order valence-electron chi connectivity index (χ0n) is 19.4. The number of ether oxygens (including phenoxy) is 1. The number of thioether (sulfide) groups is 1. The molecule has 2 aliphatic heterocycles. The number of carbonyl (C=O) groups excluding carboxylic acids is 1. The molecule has 0 bridgehead atoms. The number of rotatable bonds is 7. The molecule has 33 heavy (non-hydrogen) atoms. The predicted molar refractivity (Wildman–Crippen MR) is 138 cm³/mol. The Hall–Kier alpha value is -2.23. The van der Waals surface area contributed by atoms with E-state index >= 15 is 0 Å². The van der Waals surface area contributed by atoms with Crippen molar-refractivity contribution in [2.45, 2.75) is 40.0 Å². The van der Waals surface area contributed by atoms with Gasteiger partial charge in [0.05, 0.1) is 10.5 Å². The lowest BCUT2D eigenvalue weighted by atomic mass is 9.99. The fraction of sp³-hybridized carbons (Fsp3) is 0.500. The van der Waals surface area contributed by atoms with E-state index in [0.717, 1.165) is 31.5 Å². The van der Waals surface area contributed by atoms with Crippen molar-refractivity contribution in [3.63, 3.8) is 0 Å². The van der Waals surface area contributed by atoms with Gasteiger partial charge < -0.3 is 9.64 Å². The summed E-state index contributed by atoms with van der Waals surface area (Å²) in [4.78, 5) is 35.9. The zero-order valence-corrected chi connectivity index (χ0v) is 21.0. The standard InChI is InChI=1S/C24H30N4O3S2/c1-4-31-14-6-11-28-23(30)19(33-24(28)32)15-18-21(26-12-8-16(2)9-13-26)25-20-17(3)7-5-10-27(20)22(18)29/h5,7,10,15-16H,4,6,8-9,11-14H2,1-3H3/b19-15-. The summed E-state index contributed by atoms with van der Waals surface area (Å²) < 4.78 is 7.47. The maximum Gasteiger partial charge on any atom is 0.267 e. The predicted octanol–water partition coefficient (Wildman–Crippen LogP) is 3.87. The molecule has 176 valence electrons. The van der Waals surface area contributed by atoms with Gasteiger partial charge in [-0.1, -0.05) is 37.0 Å². The lowest BCUT2D eigenvalue weighted by Crippen LogP contribution is -2.36. The molecular weight excluding hydrogens is 456 g/mol. The maximum atomic E-state index is 13.6. The van der Waals surface area contributed by atoms with E-state index in [9.17, 15) is 9.59 Å². The molecule has 0 spiro atoms. The Bertz CT molecular complexity index is 1150. The van der Waals surface area contributed by atoms with Crippen LogP contribution in [-0.4, -0.2) is 57.4 Å². The quantitative estimate of drug-likeness (QED) is 0.334. The van der Waals surface area contributed by atoms with Crippen LogP contribution in [0.2, 0.25) is 0 Å². The monoisotopic (exact) mass is 486 g/mol. The molecule has 9 heteroatoms. The van der Waals surface area contributed by atoms with Gasteiger partial charge in [-0.2, -0.15) is 0 Å². The lowest BCUT2D eigenvalue weighted by Gasteiger charge is -2.32. The number of hydrogen-bond donors (Lipinski definition) is 0. The van der Waals surface area contributed by atoms with E-state index in [4.69, 9.17) is 21.9 Å². The van der Waals surface area contributed by atoms with Crippen molar-refractivity contribution >= 4 is 51.7 Å². The van der Waals surface area contributed by atoms with Crippen LogP contribution in [0.4, 0.5) is 5.82 Å². The van der Waals surface area contributed by atoms with E-state index in [-0.39, 0.29) is 11.5 Å². The number of hydrogen-bond acceptors (Lipinski definition) is 7. The van der Waals surface area contributed by atoms with Crippen molar-refractivity contribution in [1.29, 1.82) is 0 Å². The van der Waals surface area contributed by atoms with Crippen molar-refractivity contribution in [2.24, 2.45) is 5.92 Å². The molecule has 2 aliphatic rings. The van der Waals surface area contributed by atoms with E-state index in [1.54, 1.807) is 21.6 Å². The van der Waals surface area contributed by atoms with Crippen LogP contribution in [0.5, 0.6) is 0 Å². The number of carbonyl (C=O) groups is 1. The van der Waals surface area contributed by atoms with Crippen molar-refractivity contribution in [3.8, 4) is 0 Å². The highest BCUT2D eigenvalue weighted by molar-refractivity contribution is 8.26. The van der Waals surface area contributed by atoms with Crippen LogP contribution in [0.1, 0.15) is 44.2 Å². The molecule has 2 aromatic rings. The van der Waals surface area contributed by atoms with E-state index < -0.39 is 0 Å². The number of fused-ring (bicyclic) bond motifs is 1. The Morgan fingerprint density at radius 1 is 1.30 bits per heavy atom. The molecule has 4 rings (SSSR count). The van der Waals surface area contributed by atoms with Gasteiger partial charge in [0.1, 0.15) is 15.8 Å². The van der Waals surface area contributed by atoms with Crippen LogP contribution >= 0.6 is 24.0 Å². The van der Waals surface area contributed by atoms with Gasteiger partial charge in [-0.15, -0.1) is 0 Å². The number of piperidine rings is 1. The molecule has 1 amide bonds. The molecule has 0 aliphatic carbocycles. The molecule has 0 N–H and O–H groups in total. The minimum absolute atomic E-state index is 0.159. The molecule has 0 atom stereocenters. The number of aromatic nitrogens is 2. The van der Waals surface area contributed by atoms with Crippen LogP contribution < -0.4 is 10.5 Å². The first-order valence-corrected chi connectivity index (χ1v) is 12.7. The number of aryl methyl sites for hydroxylation is 1. The number of amides is 1. The minimum Gasteiger partial charge on any atom is -0.382 e. The molecule has 2 fully saturated rings. The number of thiocarbonyl (C=S) groups is 1. The topological polar surface area (TPSA) is 67.2 Å². The van der Waals surface area contributed by atoms with Crippen LogP contribution in [-0.2, 0) is 9.53 Å². The summed E-state index contributed by atoms with van der Waals surface area (Å²) >= 11 is 6.71. The first-order valence-electron chi connectivity index (χ1n) is 11.5. The highest BCUT2D eigenvalue weighted by Crippen LogP contribution is 2.34. The summed E-state index contributed by atoms with van der Waals surface area (Å²) in [5.41, 5.74) is 1.87. The second-order valence-corrected chi connectivity index (χ2v) is 10.3. The van der Waals surface area contributed by atoms with Gasteiger partial charge in [0.2, 0.25) is 0 Å². The Kier molecular flexibility index (Phi) is 7.51.